The number of thiophene rings is 1. The number of aromatic nitrogens is 2. The van der Waals surface area contributed by atoms with Crippen molar-refractivity contribution in [2.75, 3.05) is 5.32 Å². The Balaban J connectivity index is 1.64. The molecule has 0 unspecified atom stereocenters. The molecule has 0 radical (unpaired) electrons. The van der Waals surface area contributed by atoms with Gasteiger partial charge < -0.3 is 5.32 Å². The first kappa shape index (κ1) is 18.1. The first-order valence-corrected chi connectivity index (χ1v) is 9.45. The lowest BCUT2D eigenvalue weighted by atomic mass is 10.2. The summed E-state index contributed by atoms with van der Waals surface area (Å²) >= 11 is 1.45. The van der Waals surface area contributed by atoms with E-state index in [9.17, 15) is 14.0 Å². The van der Waals surface area contributed by atoms with E-state index in [1.54, 1.807) is 6.92 Å². The maximum absolute atomic E-state index is 13.0. The van der Waals surface area contributed by atoms with E-state index in [-0.39, 0.29) is 23.8 Å². The van der Waals surface area contributed by atoms with E-state index < -0.39 is 0 Å². The molecule has 7 heteroatoms. The van der Waals surface area contributed by atoms with Gasteiger partial charge in [0.15, 0.2) is 0 Å². The number of hydrogen-bond donors (Lipinski definition) is 1. The van der Waals surface area contributed by atoms with Crippen LogP contribution in [0.5, 0.6) is 0 Å². The number of aryl methyl sites for hydroxylation is 1. The van der Waals surface area contributed by atoms with Crippen molar-refractivity contribution in [3.05, 3.63) is 82.7 Å². The molecule has 140 valence electrons. The van der Waals surface area contributed by atoms with Crippen LogP contribution in [0.1, 0.15) is 5.82 Å². The number of carbonyl (C=O) groups is 1. The minimum atomic E-state index is -0.383. The number of hydrogen-bond acceptors (Lipinski definition) is 4. The molecule has 0 aliphatic rings. The lowest BCUT2D eigenvalue weighted by Crippen LogP contribution is -2.29. The molecule has 4 aromatic rings. The SMILES string of the molecule is Cc1nc2sc(-c3ccccc3)cc2c(=O)n1CC(=O)Nc1ccc(F)cc1. The molecule has 0 bridgehead atoms. The first-order chi connectivity index (χ1) is 13.5. The van der Waals surface area contributed by atoms with E-state index in [2.05, 4.69) is 10.3 Å². The fraction of sp³-hybridized carbons (Fsp3) is 0.0952. The lowest BCUT2D eigenvalue weighted by Gasteiger charge is -2.10. The minimum Gasteiger partial charge on any atom is -0.325 e. The van der Waals surface area contributed by atoms with E-state index in [1.807, 2.05) is 36.4 Å². The van der Waals surface area contributed by atoms with Gasteiger partial charge in [0, 0.05) is 10.6 Å². The molecule has 0 saturated heterocycles. The maximum atomic E-state index is 13.0. The number of amides is 1. The van der Waals surface area contributed by atoms with Crippen LogP contribution in [0.15, 0.2) is 65.5 Å². The Hall–Kier alpha value is -3.32. The van der Waals surface area contributed by atoms with Crippen LogP contribution < -0.4 is 10.9 Å². The number of benzene rings is 2. The molecule has 2 aromatic heterocycles. The highest BCUT2D eigenvalue weighted by molar-refractivity contribution is 7.21. The fourth-order valence-electron chi connectivity index (χ4n) is 2.93. The Kier molecular flexibility index (Phi) is 4.75. The Labute approximate surface area is 164 Å². The molecule has 0 aliphatic carbocycles. The second-order valence-electron chi connectivity index (χ2n) is 6.30. The van der Waals surface area contributed by atoms with E-state index in [0.29, 0.717) is 21.7 Å². The maximum Gasteiger partial charge on any atom is 0.262 e. The van der Waals surface area contributed by atoms with Crippen molar-refractivity contribution >= 4 is 33.1 Å². The van der Waals surface area contributed by atoms with Gasteiger partial charge in [-0.1, -0.05) is 30.3 Å². The quantitative estimate of drug-likeness (QED) is 0.565. The molecule has 28 heavy (non-hydrogen) atoms. The molecule has 4 rings (SSSR count). The van der Waals surface area contributed by atoms with Gasteiger partial charge in [0.05, 0.1) is 5.39 Å². The predicted molar refractivity (Wildman–Crippen MR) is 109 cm³/mol. The summed E-state index contributed by atoms with van der Waals surface area (Å²) in [5.41, 5.74) is 1.23. The van der Waals surface area contributed by atoms with Gasteiger partial charge in [-0.2, -0.15) is 0 Å². The van der Waals surface area contributed by atoms with Gasteiger partial charge in [-0.05, 0) is 42.8 Å². The van der Waals surface area contributed by atoms with Crippen LogP contribution in [0.2, 0.25) is 0 Å². The number of carbonyl (C=O) groups excluding carboxylic acids is 1. The average molecular weight is 393 g/mol. The topological polar surface area (TPSA) is 64.0 Å². The Morgan fingerprint density at radius 1 is 1.14 bits per heavy atom. The van der Waals surface area contributed by atoms with Crippen molar-refractivity contribution < 1.29 is 9.18 Å². The highest BCUT2D eigenvalue weighted by Gasteiger charge is 2.15. The second-order valence-corrected chi connectivity index (χ2v) is 7.33. The van der Waals surface area contributed by atoms with Gasteiger partial charge in [0.1, 0.15) is 23.0 Å². The molecular formula is C21H16FN3O2S. The normalized spacial score (nSPS) is 10.9. The third kappa shape index (κ3) is 3.57. The molecule has 1 N–H and O–H groups in total. The van der Waals surface area contributed by atoms with Crippen molar-refractivity contribution in [1.29, 1.82) is 0 Å². The van der Waals surface area contributed by atoms with Crippen LogP contribution in [0.25, 0.3) is 20.7 Å². The fourth-order valence-corrected chi connectivity index (χ4v) is 4.00. The van der Waals surface area contributed by atoms with Gasteiger partial charge >= 0.3 is 0 Å². The van der Waals surface area contributed by atoms with Crippen molar-refractivity contribution in [2.24, 2.45) is 0 Å². The summed E-state index contributed by atoms with van der Waals surface area (Å²) in [6.07, 6.45) is 0. The smallest absolute Gasteiger partial charge is 0.262 e. The standard InChI is InChI=1S/C21H16FN3O2S/c1-13-23-20-17(11-18(28-20)14-5-3-2-4-6-14)21(27)25(13)12-19(26)24-16-9-7-15(22)8-10-16/h2-11H,12H2,1H3,(H,24,26). The predicted octanol–water partition coefficient (Wildman–Crippen LogP) is 4.21. The van der Waals surface area contributed by atoms with Crippen LogP contribution >= 0.6 is 11.3 Å². The largest absolute Gasteiger partial charge is 0.325 e. The summed E-state index contributed by atoms with van der Waals surface area (Å²) in [7, 11) is 0. The lowest BCUT2D eigenvalue weighted by molar-refractivity contribution is -0.116. The van der Waals surface area contributed by atoms with Crippen molar-refractivity contribution in [2.45, 2.75) is 13.5 Å². The zero-order valence-corrected chi connectivity index (χ0v) is 15.8. The summed E-state index contributed by atoms with van der Waals surface area (Å²) in [5, 5.41) is 3.15. The summed E-state index contributed by atoms with van der Waals surface area (Å²) in [5.74, 6) is -0.295. The van der Waals surface area contributed by atoms with Crippen LogP contribution in [0.4, 0.5) is 10.1 Å². The Morgan fingerprint density at radius 3 is 2.57 bits per heavy atom. The van der Waals surface area contributed by atoms with Crippen LogP contribution in [0.3, 0.4) is 0 Å². The summed E-state index contributed by atoms with van der Waals surface area (Å²) in [6, 6.07) is 17.1. The minimum absolute atomic E-state index is 0.165. The van der Waals surface area contributed by atoms with Gasteiger partial charge in [-0.25, -0.2) is 9.37 Å². The first-order valence-electron chi connectivity index (χ1n) is 8.63. The molecule has 0 fully saturated rings. The second kappa shape index (κ2) is 7.36. The van der Waals surface area contributed by atoms with Gasteiger partial charge in [0.2, 0.25) is 5.91 Å². The van der Waals surface area contributed by atoms with E-state index >= 15 is 0 Å². The number of rotatable bonds is 4. The van der Waals surface area contributed by atoms with Crippen molar-refractivity contribution in [3.63, 3.8) is 0 Å². The molecular weight excluding hydrogens is 377 g/mol. The van der Waals surface area contributed by atoms with E-state index in [1.165, 1.54) is 40.2 Å². The third-order valence-corrected chi connectivity index (χ3v) is 5.41. The molecule has 0 spiro atoms. The summed E-state index contributed by atoms with van der Waals surface area (Å²) in [4.78, 5) is 31.4. The van der Waals surface area contributed by atoms with Gasteiger partial charge in [-0.15, -0.1) is 11.3 Å². The Morgan fingerprint density at radius 2 is 1.86 bits per heavy atom. The number of fused-ring (bicyclic) bond motifs is 1. The molecule has 0 aliphatic heterocycles. The number of nitrogens with one attached hydrogen (secondary N) is 1. The summed E-state index contributed by atoms with van der Waals surface area (Å²) in [6.45, 7) is 1.54. The van der Waals surface area contributed by atoms with E-state index in [4.69, 9.17) is 0 Å². The zero-order chi connectivity index (χ0) is 19.7. The van der Waals surface area contributed by atoms with E-state index in [0.717, 1.165) is 10.4 Å². The van der Waals surface area contributed by atoms with Crippen molar-refractivity contribution in [3.8, 4) is 10.4 Å². The number of anilines is 1. The molecule has 2 aromatic carbocycles. The molecule has 5 nitrogen and oxygen atoms in total. The number of halogens is 1. The highest BCUT2D eigenvalue weighted by Crippen LogP contribution is 2.30. The summed E-state index contributed by atoms with van der Waals surface area (Å²) < 4.78 is 14.3. The zero-order valence-electron chi connectivity index (χ0n) is 15.0. The average Bonchev–Trinajstić information content (AvgIpc) is 3.12. The van der Waals surface area contributed by atoms with Crippen molar-refractivity contribution in [1.82, 2.24) is 9.55 Å². The van der Waals surface area contributed by atoms with Gasteiger partial charge in [-0.3, -0.25) is 14.2 Å². The molecule has 1 amide bonds. The van der Waals surface area contributed by atoms with Crippen LogP contribution in [0, 0.1) is 12.7 Å². The monoisotopic (exact) mass is 393 g/mol. The third-order valence-electron chi connectivity index (χ3n) is 4.33. The Bertz CT molecular complexity index is 1210. The molecule has 0 atom stereocenters. The van der Waals surface area contributed by atoms with Gasteiger partial charge in [0.25, 0.3) is 5.56 Å². The van der Waals surface area contributed by atoms with Crippen LogP contribution in [-0.2, 0) is 11.3 Å². The molecule has 2 heterocycles. The van der Waals surface area contributed by atoms with Crippen LogP contribution in [-0.4, -0.2) is 15.5 Å². The highest BCUT2D eigenvalue weighted by atomic mass is 32.1. The molecule has 0 saturated carbocycles. The number of nitrogens with zero attached hydrogens (tertiary/aromatic N) is 2.